The standard InChI is InChI=1S/C12H11BrN2OS/c1-7-3-9(13)4-8(2)11(7)15-12(16)10-5-17-6-14-10/h3-6H,1-2H3,(H,15,16). The maximum Gasteiger partial charge on any atom is 0.275 e. The fourth-order valence-electron chi connectivity index (χ4n) is 1.61. The summed E-state index contributed by atoms with van der Waals surface area (Å²) in [6, 6.07) is 3.95. The van der Waals surface area contributed by atoms with E-state index in [1.165, 1.54) is 11.3 Å². The monoisotopic (exact) mass is 310 g/mol. The number of hydrogen-bond donors (Lipinski definition) is 1. The summed E-state index contributed by atoms with van der Waals surface area (Å²) in [5.74, 6) is -0.167. The molecule has 1 heterocycles. The van der Waals surface area contributed by atoms with E-state index < -0.39 is 0 Å². The van der Waals surface area contributed by atoms with E-state index in [1.807, 2.05) is 26.0 Å². The third-order valence-electron chi connectivity index (χ3n) is 2.40. The molecule has 3 nitrogen and oxygen atoms in total. The number of halogens is 1. The highest BCUT2D eigenvalue weighted by Crippen LogP contribution is 2.25. The molecule has 0 unspecified atom stereocenters. The molecular weight excluding hydrogens is 300 g/mol. The van der Waals surface area contributed by atoms with Gasteiger partial charge in [0.05, 0.1) is 5.51 Å². The molecule has 88 valence electrons. The largest absolute Gasteiger partial charge is 0.320 e. The number of nitrogens with zero attached hydrogens (tertiary/aromatic N) is 1. The van der Waals surface area contributed by atoms with E-state index >= 15 is 0 Å². The Labute approximate surface area is 112 Å². The molecule has 1 aromatic carbocycles. The van der Waals surface area contributed by atoms with E-state index in [-0.39, 0.29) is 5.91 Å². The van der Waals surface area contributed by atoms with Crippen LogP contribution in [0.5, 0.6) is 0 Å². The van der Waals surface area contributed by atoms with E-state index in [1.54, 1.807) is 10.9 Å². The quantitative estimate of drug-likeness (QED) is 0.917. The minimum Gasteiger partial charge on any atom is -0.320 e. The van der Waals surface area contributed by atoms with Crippen molar-refractivity contribution in [2.45, 2.75) is 13.8 Å². The molecule has 0 atom stereocenters. The molecule has 0 bridgehead atoms. The molecule has 5 heteroatoms. The van der Waals surface area contributed by atoms with Gasteiger partial charge in [-0.25, -0.2) is 4.98 Å². The number of rotatable bonds is 2. The number of carbonyl (C=O) groups is 1. The Morgan fingerprint density at radius 1 is 1.35 bits per heavy atom. The summed E-state index contributed by atoms with van der Waals surface area (Å²) in [6.45, 7) is 3.93. The van der Waals surface area contributed by atoms with E-state index in [2.05, 4.69) is 26.2 Å². The van der Waals surface area contributed by atoms with E-state index in [9.17, 15) is 4.79 Å². The van der Waals surface area contributed by atoms with Crippen molar-refractivity contribution in [2.24, 2.45) is 0 Å². The number of benzene rings is 1. The summed E-state index contributed by atoms with van der Waals surface area (Å²) in [6.07, 6.45) is 0. The molecule has 0 aliphatic carbocycles. The van der Waals surface area contributed by atoms with Crippen molar-refractivity contribution in [3.63, 3.8) is 0 Å². The molecule has 1 amide bonds. The van der Waals surface area contributed by atoms with Crippen LogP contribution >= 0.6 is 27.3 Å². The number of thiazole rings is 1. The normalized spacial score (nSPS) is 10.3. The smallest absolute Gasteiger partial charge is 0.275 e. The van der Waals surface area contributed by atoms with Crippen LogP contribution in [0.4, 0.5) is 5.69 Å². The molecule has 17 heavy (non-hydrogen) atoms. The van der Waals surface area contributed by atoms with Crippen LogP contribution < -0.4 is 5.32 Å². The highest BCUT2D eigenvalue weighted by Gasteiger charge is 2.11. The fraction of sp³-hybridized carbons (Fsp3) is 0.167. The van der Waals surface area contributed by atoms with Crippen molar-refractivity contribution in [2.75, 3.05) is 5.32 Å². The third-order valence-corrected chi connectivity index (χ3v) is 3.45. The summed E-state index contributed by atoms with van der Waals surface area (Å²) in [5, 5.41) is 4.63. The van der Waals surface area contributed by atoms with Gasteiger partial charge in [0, 0.05) is 15.5 Å². The molecule has 2 aromatic rings. The van der Waals surface area contributed by atoms with E-state index in [4.69, 9.17) is 0 Å². The van der Waals surface area contributed by atoms with Gasteiger partial charge in [0.25, 0.3) is 5.91 Å². The van der Waals surface area contributed by atoms with Crippen LogP contribution in [0.25, 0.3) is 0 Å². The lowest BCUT2D eigenvalue weighted by Gasteiger charge is -2.11. The number of hydrogen-bond acceptors (Lipinski definition) is 3. The fourth-order valence-corrected chi connectivity index (χ4v) is 2.83. The van der Waals surface area contributed by atoms with Crippen molar-refractivity contribution in [1.82, 2.24) is 4.98 Å². The molecule has 1 N–H and O–H groups in total. The maximum absolute atomic E-state index is 11.9. The minimum atomic E-state index is -0.167. The molecule has 1 aromatic heterocycles. The Morgan fingerprint density at radius 2 is 2.00 bits per heavy atom. The van der Waals surface area contributed by atoms with Gasteiger partial charge in [0.2, 0.25) is 0 Å². The van der Waals surface area contributed by atoms with Crippen molar-refractivity contribution in [3.8, 4) is 0 Å². The topological polar surface area (TPSA) is 42.0 Å². The van der Waals surface area contributed by atoms with Crippen molar-refractivity contribution in [3.05, 3.63) is 44.3 Å². The summed E-state index contributed by atoms with van der Waals surface area (Å²) >= 11 is 4.84. The van der Waals surface area contributed by atoms with Gasteiger partial charge in [0.15, 0.2) is 0 Å². The van der Waals surface area contributed by atoms with Gasteiger partial charge in [-0.3, -0.25) is 4.79 Å². The number of aryl methyl sites for hydroxylation is 2. The van der Waals surface area contributed by atoms with Crippen molar-refractivity contribution >= 4 is 38.9 Å². The van der Waals surface area contributed by atoms with Gasteiger partial charge < -0.3 is 5.32 Å². The molecule has 0 fully saturated rings. The lowest BCUT2D eigenvalue weighted by atomic mass is 10.1. The summed E-state index contributed by atoms with van der Waals surface area (Å²) < 4.78 is 1.01. The predicted molar refractivity (Wildman–Crippen MR) is 73.7 cm³/mol. The summed E-state index contributed by atoms with van der Waals surface area (Å²) in [4.78, 5) is 15.9. The second-order valence-electron chi connectivity index (χ2n) is 3.74. The average Bonchev–Trinajstić information content (AvgIpc) is 2.76. The molecule has 2 rings (SSSR count). The SMILES string of the molecule is Cc1cc(Br)cc(C)c1NC(=O)c1cscn1. The van der Waals surface area contributed by atoms with Crippen molar-refractivity contribution in [1.29, 1.82) is 0 Å². The van der Waals surface area contributed by atoms with Crippen molar-refractivity contribution < 1.29 is 4.79 Å². The zero-order chi connectivity index (χ0) is 12.4. The first kappa shape index (κ1) is 12.3. The second kappa shape index (κ2) is 4.98. The number of aromatic nitrogens is 1. The Morgan fingerprint density at radius 3 is 2.53 bits per heavy atom. The molecule has 0 aliphatic rings. The molecule has 0 radical (unpaired) electrons. The Balaban J connectivity index is 2.28. The molecular formula is C12H11BrN2OS. The van der Waals surface area contributed by atoms with Crippen LogP contribution in [0.3, 0.4) is 0 Å². The highest BCUT2D eigenvalue weighted by molar-refractivity contribution is 9.10. The van der Waals surface area contributed by atoms with Gasteiger partial charge in [-0.15, -0.1) is 11.3 Å². The van der Waals surface area contributed by atoms with Gasteiger partial charge in [-0.1, -0.05) is 15.9 Å². The number of nitrogens with one attached hydrogen (secondary N) is 1. The van der Waals surface area contributed by atoms with Gasteiger partial charge in [-0.2, -0.15) is 0 Å². The predicted octanol–water partition coefficient (Wildman–Crippen LogP) is 3.77. The molecule has 0 saturated carbocycles. The Bertz CT molecular complexity index is 529. The second-order valence-corrected chi connectivity index (χ2v) is 5.38. The maximum atomic E-state index is 11.9. The Kier molecular flexibility index (Phi) is 3.59. The molecule has 0 aliphatic heterocycles. The zero-order valence-corrected chi connectivity index (χ0v) is 11.9. The summed E-state index contributed by atoms with van der Waals surface area (Å²) in [5.41, 5.74) is 5.01. The first-order valence-corrected chi connectivity index (χ1v) is 6.78. The van der Waals surface area contributed by atoms with Crippen LogP contribution in [0.15, 0.2) is 27.5 Å². The van der Waals surface area contributed by atoms with Crippen LogP contribution in [0.1, 0.15) is 21.6 Å². The van der Waals surface area contributed by atoms with Crippen LogP contribution in [0.2, 0.25) is 0 Å². The zero-order valence-electron chi connectivity index (χ0n) is 9.45. The molecule has 0 saturated heterocycles. The minimum absolute atomic E-state index is 0.167. The summed E-state index contributed by atoms with van der Waals surface area (Å²) in [7, 11) is 0. The van der Waals surface area contributed by atoms with E-state index in [0.717, 1.165) is 21.3 Å². The van der Waals surface area contributed by atoms with E-state index in [0.29, 0.717) is 5.69 Å². The lowest BCUT2D eigenvalue weighted by molar-refractivity contribution is 0.102. The number of amides is 1. The average molecular weight is 311 g/mol. The Hall–Kier alpha value is -1.20. The van der Waals surface area contributed by atoms with Crippen LogP contribution in [-0.4, -0.2) is 10.9 Å². The number of anilines is 1. The first-order valence-electron chi connectivity index (χ1n) is 5.04. The van der Waals surface area contributed by atoms with Gasteiger partial charge in [0.1, 0.15) is 5.69 Å². The third kappa shape index (κ3) is 2.73. The van der Waals surface area contributed by atoms with Crippen LogP contribution in [-0.2, 0) is 0 Å². The van der Waals surface area contributed by atoms with Crippen LogP contribution in [0, 0.1) is 13.8 Å². The first-order chi connectivity index (χ1) is 8.08. The highest BCUT2D eigenvalue weighted by atomic mass is 79.9. The van der Waals surface area contributed by atoms with Gasteiger partial charge in [-0.05, 0) is 37.1 Å². The number of carbonyl (C=O) groups excluding carboxylic acids is 1. The van der Waals surface area contributed by atoms with Gasteiger partial charge >= 0.3 is 0 Å². The lowest BCUT2D eigenvalue weighted by Crippen LogP contribution is -2.14. The molecule has 0 spiro atoms.